The summed E-state index contributed by atoms with van der Waals surface area (Å²) in [5.74, 6) is -0.510. The van der Waals surface area contributed by atoms with E-state index >= 15 is 0 Å². The van der Waals surface area contributed by atoms with Crippen LogP contribution in [0.15, 0.2) is 42.5 Å². The van der Waals surface area contributed by atoms with Crippen LogP contribution in [0.3, 0.4) is 0 Å². The molecule has 0 bridgehead atoms. The van der Waals surface area contributed by atoms with Gasteiger partial charge >= 0.3 is 0 Å². The van der Waals surface area contributed by atoms with E-state index in [1.165, 1.54) is 12.8 Å². The molecule has 1 atom stereocenters. The van der Waals surface area contributed by atoms with Crippen LogP contribution in [-0.4, -0.2) is 52.1 Å². The predicted molar refractivity (Wildman–Crippen MR) is 145 cm³/mol. The smallest absolute Gasteiger partial charge is 0.259 e. The lowest BCUT2D eigenvalue weighted by atomic mass is 9.93. The van der Waals surface area contributed by atoms with Gasteiger partial charge in [0.1, 0.15) is 0 Å². The fourth-order valence-electron chi connectivity index (χ4n) is 5.69. The van der Waals surface area contributed by atoms with Crippen molar-refractivity contribution in [3.05, 3.63) is 58.6 Å². The molecule has 0 spiro atoms. The minimum Gasteiger partial charge on any atom is -0.504 e. The molecule has 4 aromatic rings. The number of aromatic hydroxyl groups is 1. The van der Waals surface area contributed by atoms with Gasteiger partial charge in [0.15, 0.2) is 11.5 Å². The Labute approximate surface area is 219 Å². The number of nitrogens with one attached hydrogen (secondary N) is 1. The van der Waals surface area contributed by atoms with E-state index in [-0.39, 0.29) is 11.9 Å². The molecule has 6 rings (SSSR count). The van der Waals surface area contributed by atoms with Gasteiger partial charge in [0.05, 0.1) is 28.3 Å². The first-order chi connectivity index (χ1) is 17.8. The van der Waals surface area contributed by atoms with Gasteiger partial charge in [0.25, 0.3) is 11.8 Å². The number of phenols is 1. The average molecular weight is 518 g/mol. The van der Waals surface area contributed by atoms with Gasteiger partial charge in [-0.05, 0) is 63.0 Å². The van der Waals surface area contributed by atoms with E-state index in [0.29, 0.717) is 43.8 Å². The Kier molecular flexibility index (Phi) is 5.85. The number of rotatable bonds is 6. The van der Waals surface area contributed by atoms with Crippen molar-refractivity contribution in [3.8, 4) is 22.6 Å². The van der Waals surface area contributed by atoms with Gasteiger partial charge in [0.2, 0.25) is 0 Å². The molecule has 3 heterocycles. The van der Waals surface area contributed by atoms with Crippen molar-refractivity contribution in [2.24, 2.45) is 7.05 Å². The number of amides is 2. The number of aromatic nitrogens is 1. The van der Waals surface area contributed by atoms with Crippen molar-refractivity contribution >= 4 is 45.2 Å². The minimum absolute atomic E-state index is 0.00156. The Morgan fingerprint density at radius 3 is 2.51 bits per heavy atom. The van der Waals surface area contributed by atoms with Crippen molar-refractivity contribution in [3.63, 3.8) is 0 Å². The van der Waals surface area contributed by atoms with Crippen molar-refractivity contribution in [2.75, 3.05) is 19.6 Å². The Hall–Kier alpha value is -3.55. The highest BCUT2D eigenvalue weighted by Crippen LogP contribution is 2.44. The second-order valence-corrected chi connectivity index (χ2v) is 10.4. The van der Waals surface area contributed by atoms with Crippen molar-refractivity contribution in [1.29, 1.82) is 0 Å². The molecule has 190 valence electrons. The number of likely N-dealkylation sites (tertiary alicyclic amines) is 1. The number of benzene rings is 3. The largest absolute Gasteiger partial charge is 0.504 e. The summed E-state index contributed by atoms with van der Waals surface area (Å²) in [6, 6.07) is 12.6. The topological polar surface area (TPSA) is 83.8 Å². The van der Waals surface area contributed by atoms with Gasteiger partial charge in [0, 0.05) is 41.0 Å². The normalized spacial score (nSPS) is 16.5. The molecule has 1 unspecified atom stereocenters. The molecule has 1 saturated heterocycles. The van der Waals surface area contributed by atoms with Crippen LogP contribution in [-0.2, 0) is 7.05 Å². The fraction of sp³-hybridized carbons (Fsp3) is 0.310. The number of imide groups is 1. The second-order valence-electron chi connectivity index (χ2n) is 9.99. The molecule has 2 N–H and O–H groups in total. The molecule has 2 aliphatic rings. The summed E-state index contributed by atoms with van der Waals surface area (Å²) in [6.07, 6.45) is 3.29. The molecule has 0 radical (unpaired) electrons. The van der Waals surface area contributed by atoms with Gasteiger partial charge in [-0.15, -0.1) is 0 Å². The number of ether oxygens (including phenoxy) is 1. The number of carbonyl (C=O) groups is 2. The number of carbonyl (C=O) groups excluding carboxylic acids is 2. The van der Waals surface area contributed by atoms with Crippen molar-refractivity contribution in [2.45, 2.75) is 32.3 Å². The van der Waals surface area contributed by atoms with E-state index in [4.69, 9.17) is 16.3 Å². The maximum Gasteiger partial charge on any atom is 0.259 e. The highest BCUT2D eigenvalue weighted by molar-refractivity contribution is 6.36. The maximum atomic E-state index is 13.0. The highest BCUT2D eigenvalue weighted by Gasteiger charge is 2.35. The fourth-order valence-corrected chi connectivity index (χ4v) is 5.93. The first-order valence-corrected chi connectivity index (χ1v) is 13.0. The lowest BCUT2D eigenvalue weighted by Gasteiger charge is -2.20. The molecule has 1 fully saturated rings. The van der Waals surface area contributed by atoms with E-state index in [1.807, 2.05) is 48.9 Å². The molecule has 0 saturated carbocycles. The third-order valence-electron chi connectivity index (χ3n) is 7.60. The lowest BCUT2D eigenvalue weighted by Crippen LogP contribution is -2.25. The molecular weight excluding hydrogens is 490 g/mol. The number of aryl methyl sites for hydroxylation is 1. The summed E-state index contributed by atoms with van der Waals surface area (Å²) in [6.45, 7) is 5.26. The molecule has 7 nitrogen and oxygen atoms in total. The monoisotopic (exact) mass is 517 g/mol. The van der Waals surface area contributed by atoms with Crippen molar-refractivity contribution in [1.82, 2.24) is 14.8 Å². The summed E-state index contributed by atoms with van der Waals surface area (Å²) in [4.78, 5) is 28.4. The summed E-state index contributed by atoms with van der Waals surface area (Å²) in [5.41, 5.74) is 3.42. The number of hydrogen-bond acceptors (Lipinski definition) is 5. The zero-order valence-electron chi connectivity index (χ0n) is 20.8. The number of fused-ring (bicyclic) bond motifs is 5. The van der Waals surface area contributed by atoms with E-state index < -0.39 is 11.8 Å². The van der Waals surface area contributed by atoms with Crippen LogP contribution in [0.1, 0.15) is 46.9 Å². The quantitative estimate of drug-likeness (QED) is 0.330. The van der Waals surface area contributed by atoms with Crippen molar-refractivity contribution < 1.29 is 19.4 Å². The zero-order valence-corrected chi connectivity index (χ0v) is 21.6. The third kappa shape index (κ3) is 3.93. The summed E-state index contributed by atoms with van der Waals surface area (Å²) < 4.78 is 8.12. The first-order valence-electron chi connectivity index (χ1n) is 12.6. The molecule has 37 heavy (non-hydrogen) atoms. The number of phenolic OH excluding ortho intramolecular Hbond substituents is 1. The Balaban J connectivity index is 1.48. The Morgan fingerprint density at radius 1 is 1.03 bits per heavy atom. The second kappa shape index (κ2) is 9.08. The van der Waals surface area contributed by atoms with E-state index in [9.17, 15) is 14.7 Å². The number of hydrogen-bond donors (Lipinski definition) is 2. The summed E-state index contributed by atoms with van der Waals surface area (Å²) in [7, 11) is 1.90. The van der Waals surface area contributed by atoms with Crippen LogP contribution in [0.4, 0.5) is 0 Å². The predicted octanol–water partition coefficient (Wildman–Crippen LogP) is 5.49. The SMILES string of the molecule is CC(CCN1CCCC1)Oc1cc2c(cc1O)c1c3c(c(-c4ccccc4Cl)cc1n2C)C(=O)NC3=O. The van der Waals surface area contributed by atoms with Crippen LogP contribution in [0.25, 0.3) is 32.9 Å². The highest BCUT2D eigenvalue weighted by atomic mass is 35.5. The van der Waals surface area contributed by atoms with Crippen LogP contribution in [0, 0.1) is 0 Å². The van der Waals surface area contributed by atoms with Crippen LogP contribution in [0.2, 0.25) is 5.02 Å². The zero-order chi connectivity index (χ0) is 25.8. The summed E-state index contributed by atoms with van der Waals surface area (Å²) in [5, 5.41) is 15.1. The van der Waals surface area contributed by atoms with Gasteiger partial charge in [-0.2, -0.15) is 0 Å². The molecule has 0 aliphatic carbocycles. The molecule has 3 aromatic carbocycles. The van der Waals surface area contributed by atoms with Gasteiger partial charge < -0.3 is 19.3 Å². The molecule has 2 amide bonds. The standard InChI is InChI=1S/C29H28ClN3O4/c1-16(9-12-33-10-5-6-11-33)37-24-15-21-19(14-23(24)34)25-22(32(21)2)13-18(17-7-3-4-8-20(17)30)26-27(25)29(36)31-28(26)35/h3-4,7-8,13-16,34H,5-6,9-12H2,1-2H3,(H,31,35,36). The molecular formula is C29H28ClN3O4. The van der Waals surface area contributed by atoms with Crippen LogP contribution >= 0.6 is 11.6 Å². The van der Waals surface area contributed by atoms with Crippen LogP contribution in [0.5, 0.6) is 11.5 Å². The van der Waals surface area contributed by atoms with E-state index in [2.05, 4.69) is 10.2 Å². The van der Waals surface area contributed by atoms with Gasteiger partial charge in [-0.3, -0.25) is 14.9 Å². The van der Waals surface area contributed by atoms with E-state index in [1.54, 1.807) is 12.1 Å². The van der Waals surface area contributed by atoms with E-state index in [0.717, 1.165) is 37.1 Å². The average Bonchev–Trinajstić information content (AvgIpc) is 3.56. The Morgan fingerprint density at radius 2 is 1.76 bits per heavy atom. The minimum atomic E-state index is -0.457. The molecule has 2 aliphatic heterocycles. The number of halogens is 1. The van der Waals surface area contributed by atoms with Gasteiger partial charge in [-0.1, -0.05) is 29.8 Å². The lowest BCUT2D eigenvalue weighted by molar-refractivity contribution is 0.0880. The first kappa shape index (κ1) is 23.8. The third-order valence-corrected chi connectivity index (χ3v) is 7.93. The summed E-state index contributed by atoms with van der Waals surface area (Å²) >= 11 is 6.50. The molecule has 8 heteroatoms. The molecule has 1 aromatic heterocycles. The number of nitrogens with zero attached hydrogens (tertiary/aromatic N) is 2. The maximum absolute atomic E-state index is 13.0. The van der Waals surface area contributed by atoms with Gasteiger partial charge in [-0.25, -0.2) is 0 Å². The Bertz CT molecular complexity index is 1590. The van der Waals surface area contributed by atoms with Crippen LogP contribution < -0.4 is 10.1 Å².